The van der Waals surface area contributed by atoms with E-state index in [0.717, 1.165) is 9.58 Å². The van der Waals surface area contributed by atoms with Gasteiger partial charge in [0, 0.05) is 12.0 Å². The van der Waals surface area contributed by atoms with Crippen LogP contribution in [0.25, 0.3) is 10.9 Å². The van der Waals surface area contributed by atoms with Gasteiger partial charge in [-0.2, -0.15) is 4.68 Å². The van der Waals surface area contributed by atoms with Crippen molar-refractivity contribution in [2.75, 3.05) is 6.61 Å². The number of ether oxygens (including phenoxy) is 1. The van der Waals surface area contributed by atoms with Crippen LogP contribution in [0.5, 0.6) is 5.75 Å². The van der Waals surface area contributed by atoms with Gasteiger partial charge in [0.15, 0.2) is 5.54 Å². The van der Waals surface area contributed by atoms with Crippen LogP contribution in [0, 0.1) is 0 Å². The molecule has 1 atom stereocenters. The van der Waals surface area contributed by atoms with Gasteiger partial charge in [-0.05, 0) is 18.2 Å². The SMILES string of the molecule is O=C1N[C@]2(CCOc3ccccc32)C(=O)N1Cn1nnc2ccccc2c1=O. The lowest BCUT2D eigenvalue weighted by Crippen LogP contribution is -2.47. The zero-order valence-corrected chi connectivity index (χ0v) is 14.7. The Hall–Kier alpha value is -3.75. The predicted molar refractivity (Wildman–Crippen MR) is 97.4 cm³/mol. The molecule has 5 rings (SSSR count). The number of imide groups is 1. The number of nitrogens with one attached hydrogen (secondary N) is 1. The zero-order valence-electron chi connectivity index (χ0n) is 14.7. The third-order valence-corrected chi connectivity index (χ3v) is 5.16. The average Bonchev–Trinajstić information content (AvgIpc) is 2.95. The topological polar surface area (TPSA) is 106 Å². The second-order valence-electron chi connectivity index (χ2n) is 6.72. The maximum Gasteiger partial charge on any atom is 0.326 e. The number of benzene rings is 2. The number of carbonyl (C=O) groups is 2. The molecule has 0 bridgehead atoms. The Kier molecular flexibility index (Phi) is 3.45. The van der Waals surface area contributed by atoms with Crippen LogP contribution in [0.4, 0.5) is 4.79 Å². The highest BCUT2D eigenvalue weighted by Gasteiger charge is 2.55. The fraction of sp³-hybridized carbons (Fsp3) is 0.211. The predicted octanol–water partition coefficient (Wildman–Crippen LogP) is 0.979. The Morgan fingerprint density at radius 1 is 1.07 bits per heavy atom. The van der Waals surface area contributed by atoms with Crippen LogP contribution >= 0.6 is 0 Å². The van der Waals surface area contributed by atoms with Crippen molar-refractivity contribution in [3.63, 3.8) is 0 Å². The summed E-state index contributed by atoms with van der Waals surface area (Å²) >= 11 is 0. The van der Waals surface area contributed by atoms with E-state index in [9.17, 15) is 14.4 Å². The van der Waals surface area contributed by atoms with Crippen molar-refractivity contribution in [2.45, 2.75) is 18.6 Å². The van der Waals surface area contributed by atoms with E-state index in [0.29, 0.717) is 35.2 Å². The van der Waals surface area contributed by atoms with Crippen molar-refractivity contribution in [2.24, 2.45) is 0 Å². The summed E-state index contributed by atoms with van der Waals surface area (Å²) in [5.41, 5.74) is -0.547. The fourth-order valence-corrected chi connectivity index (χ4v) is 3.75. The van der Waals surface area contributed by atoms with Crippen molar-refractivity contribution in [3.05, 3.63) is 64.4 Å². The quantitative estimate of drug-likeness (QED) is 0.667. The third-order valence-electron chi connectivity index (χ3n) is 5.16. The van der Waals surface area contributed by atoms with Crippen molar-refractivity contribution < 1.29 is 14.3 Å². The first-order valence-electron chi connectivity index (χ1n) is 8.79. The second-order valence-corrected chi connectivity index (χ2v) is 6.72. The van der Waals surface area contributed by atoms with Crippen LogP contribution in [0.15, 0.2) is 53.3 Å². The highest BCUT2D eigenvalue weighted by atomic mass is 16.5. The maximum absolute atomic E-state index is 13.3. The number of urea groups is 1. The van der Waals surface area contributed by atoms with Gasteiger partial charge in [-0.1, -0.05) is 35.5 Å². The van der Waals surface area contributed by atoms with E-state index in [-0.39, 0.29) is 6.67 Å². The molecule has 0 aliphatic carbocycles. The first-order valence-corrected chi connectivity index (χ1v) is 8.79. The van der Waals surface area contributed by atoms with Crippen molar-refractivity contribution >= 4 is 22.8 Å². The summed E-state index contributed by atoms with van der Waals surface area (Å²) in [5, 5.41) is 11.0. The molecule has 3 heterocycles. The molecule has 0 saturated carbocycles. The second kappa shape index (κ2) is 5.88. The minimum absolute atomic E-state index is 0.298. The molecule has 1 fully saturated rings. The van der Waals surface area contributed by atoms with E-state index in [2.05, 4.69) is 15.6 Å². The van der Waals surface area contributed by atoms with Crippen LogP contribution in [0.2, 0.25) is 0 Å². The highest BCUT2D eigenvalue weighted by Crippen LogP contribution is 2.40. The standard InChI is InChI=1S/C19H15N5O4/c25-16-12-5-1-3-7-14(12)21-22-24(16)11-23-17(26)19(20-18(23)27)9-10-28-15-8-4-2-6-13(15)19/h1-8H,9-11H2,(H,20,27)/t19-/m0/s1. The number of amides is 3. The number of carbonyl (C=O) groups excluding carboxylic acids is 2. The van der Waals surface area contributed by atoms with Crippen LogP contribution < -0.4 is 15.6 Å². The van der Waals surface area contributed by atoms with Gasteiger partial charge >= 0.3 is 6.03 Å². The van der Waals surface area contributed by atoms with E-state index in [1.54, 1.807) is 48.5 Å². The smallest absolute Gasteiger partial charge is 0.326 e. The molecule has 1 spiro atoms. The maximum atomic E-state index is 13.3. The van der Waals surface area contributed by atoms with E-state index in [4.69, 9.17) is 4.74 Å². The Morgan fingerprint density at radius 2 is 1.86 bits per heavy atom. The molecule has 2 aliphatic heterocycles. The van der Waals surface area contributed by atoms with Crippen LogP contribution in [-0.4, -0.2) is 38.4 Å². The van der Waals surface area contributed by atoms with Gasteiger partial charge in [-0.3, -0.25) is 9.59 Å². The molecule has 2 aliphatic rings. The Labute approximate surface area is 158 Å². The average molecular weight is 377 g/mol. The van der Waals surface area contributed by atoms with Gasteiger partial charge in [0.25, 0.3) is 11.5 Å². The number of rotatable bonds is 2. The first-order chi connectivity index (χ1) is 13.6. The lowest BCUT2D eigenvalue weighted by atomic mass is 9.84. The van der Waals surface area contributed by atoms with Crippen molar-refractivity contribution in [1.82, 2.24) is 25.2 Å². The summed E-state index contributed by atoms with van der Waals surface area (Å²) in [6.07, 6.45) is 0.309. The monoisotopic (exact) mass is 377 g/mol. The van der Waals surface area contributed by atoms with E-state index >= 15 is 0 Å². The molecule has 0 radical (unpaired) electrons. The van der Waals surface area contributed by atoms with Gasteiger partial charge in [-0.15, -0.1) is 5.10 Å². The number of hydrogen-bond acceptors (Lipinski definition) is 6. The minimum atomic E-state index is -1.19. The molecule has 3 amide bonds. The molecule has 9 heteroatoms. The number of nitrogens with zero attached hydrogens (tertiary/aromatic N) is 4. The molecular formula is C19H15N5O4. The van der Waals surface area contributed by atoms with Crippen LogP contribution in [-0.2, 0) is 17.0 Å². The molecule has 1 aromatic heterocycles. The van der Waals surface area contributed by atoms with Crippen LogP contribution in [0.1, 0.15) is 12.0 Å². The summed E-state index contributed by atoms with van der Waals surface area (Å²) in [7, 11) is 0. The zero-order chi connectivity index (χ0) is 19.3. The molecule has 1 saturated heterocycles. The summed E-state index contributed by atoms with van der Waals surface area (Å²) in [6.45, 7) is -0.0152. The molecule has 3 aromatic rings. The normalized spacial score (nSPS) is 20.9. The van der Waals surface area contributed by atoms with E-state index < -0.39 is 23.0 Å². The van der Waals surface area contributed by atoms with Crippen LogP contribution in [0.3, 0.4) is 0 Å². The first kappa shape index (κ1) is 16.4. The van der Waals surface area contributed by atoms with Gasteiger partial charge in [-0.25, -0.2) is 9.69 Å². The van der Waals surface area contributed by atoms with Crippen molar-refractivity contribution in [3.8, 4) is 5.75 Å². The fourth-order valence-electron chi connectivity index (χ4n) is 3.75. The summed E-state index contributed by atoms with van der Waals surface area (Å²) in [5.74, 6) is 0.127. The Bertz CT molecular complexity index is 1190. The summed E-state index contributed by atoms with van der Waals surface area (Å²) < 4.78 is 6.63. The highest BCUT2D eigenvalue weighted by molar-refractivity contribution is 6.07. The molecule has 28 heavy (non-hydrogen) atoms. The molecule has 9 nitrogen and oxygen atoms in total. The lowest BCUT2D eigenvalue weighted by Gasteiger charge is -2.33. The number of hydrogen-bond donors (Lipinski definition) is 1. The van der Waals surface area contributed by atoms with Crippen molar-refractivity contribution in [1.29, 1.82) is 0 Å². The Morgan fingerprint density at radius 3 is 2.75 bits per heavy atom. The summed E-state index contributed by atoms with van der Waals surface area (Å²) in [6, 6.07) is 13.3. The number of aromatic nitrogens is 3. The van der Waals surface area contributed by atoms with E-state index in [1.807, 2.05) is 0 Å². The minimum Gasteiger partial charge on any atom is -0.493 e. The van der Waals surface area contributed by atoms with Gasteiger partial charge in [0.05, 0.1) is 12.0 Å². The largest absolute Gasteiger partial charge is 0.493 e. The van der Waals surface area contributed by atoms with Gasteiger partial charge in [0.1, 0.15) is 17.9 Å². The lowest BCUT2D eigenvalue weighted by molar-refractivity contribution is -0.134. The molecule has 1 N–H and O–H groups in total. The molecule has 140 valence electrons. The van der Waals surface area contributed by atoms with Gasteiger partial charge < -0.3 is 10.1 Å². The number of para-hydroxylation sites is 1. The molecular weight excluding hydrogens is 362 g/mol. The number of fused-ring (bicyclic) bond motifs is 3. The van der Waals surface area contributed by atoms with Gasteiger partial charge in [0.2, 0.25) is 0 Å². The molecule has 0 unspecified atom stereocenters. The third kappa shape index (κ3) is 2.22. The Balaban J connectivity index is 1.54. The van der Waals surface area contributed by atoms with E-state index in [1.165, 1.54) is 0 Å². The summed E-state index contributed by atoms with van der Waals surface area (Å²) in [4.78, 5) is 39.6. The molecule has 2 aromatic carbocycles.